The van der Waals surface area contributed by atoms with E-state index in [0.717, 1.165) is 0 Å². The van der Waals surface area contributed by atoms with E-state index in [1.165, 1.54) is 12.8 Å². The number of nitrogens with one attached hydrogen (secondary N) is 3. The van der Waals surface area contributed by atoms with Crippen LogP contribution in [0.2, 0.25) is 0 Å². The molecule has 0 radical (unpaired) electrons. The van der Waals surface area contributed by atoms with Gasteiger partial charge in [-0.2, -0.15) is 8.42 Å². The van der Waals surface area contributed by atoms with Crippen LogP contribution in [0.3, 0.4) is 0 Å². The van der Waals surface area contributed by atoms with E-state index in [2.05, 4.69) is 14.8 Å². The zero-order valence-electron chi connectivity index (χ0n) is 7.84. The van der Waals surface area contributed by atoms with Gasteiger partial charge in [-0.05, 0) is 12.8 Å². The monoisotopic (exact) mass is 207 g/mol. The molecule has 0 aromatic carbocycles. The zero-order chi connectivity index (χ0) is 9.73. The van der Waals surface area contributed by atoms with E-state index >= 15 is 0 Å². The summed E-state index contributed by atoms with van der Waals surface area (Å²) in [5.74, 6) is 0. The Labute approximate surface area is 79.5 Å². The third-order valence-electron chi connectivity index (χ3n) is 1.76. The van der Waals surface area contributed by atoms with Gasteiger partial charge in [-0.15, -0.1) is 0 Å². The van der Waals surface area contributed by atoms with Crippen LogP contribution in [0, 0.1) is 0 Å². The van der Waals surface area contributed by atoms with Crippen molar-refractivity contribution in [3.8, 4) is 0 Å². The van der Waals surface area contributed by atoms with E-state index in [1.54, 1.807) is 6.92 Å². The molecule has 0 heterocycles. The summed E-state index contributed by atoms with van der Waals surface area (Å²) in [6.07, 6.45) is 2.44. The quantitative estimate of drug-likeness (QED) is 0.478. The van der Waals surface area contributed by atoms with Gasteiger partial charge in [-0.1, -0.05) is 6.92 Å². The maximum absolute atomic E-state index is 11.0. The molecule has 0 spiro atoms. The SMILES string of the molecule is CCNS(=O)(=O)NCCNC1CC1. The first-order chi connectivity index (χ1) is 6.14. The van der Waals surface area contributed by atoms with Gasteiger partial charge in [0.25, 0.3) is 10.2 Å². The van der Waals surface area contributed by atoms with Crippen LogP contribution in [0.25, 0.3) is 0 Å². The van der Waals surface area contributed by atoms with Crippen molar-refractivity contribution in [1.29, 1.82) is 0 Å². The van der Waals surface area contributed by atoms with Crippen molar-refractivity contribution in [2.24, 2.45) is 0 Å². The first kappa shape index (κ1) is 10.9. The highest BCUT2D eigenvalue weighted by Gasteiger charge is 2.19. The maximum Gasteiger partial charge on any atom is 0.276 e. The Hall–Kier alpha value is -0.170. The predicted octanol–water partition coefficient (Wildman–Crippen LogP) is -0.818. The highest BCUT2D eigenvalue weighted by Crippen LogP contribution is 2.17. The molecule has 0 saturated heterocycles. The van der Waals surface area contributed by atoms with Crippen molar-refractivity contribution in [3.63, 3.8) is 0 Å². The van der Waals surface area contributed by atoms with E-state index in [4.69, 9.17) is 0 Å². The van der Waals surface area contributed by atoms with E-state index in [0.29, 0.717) is 25.7 Å². The zero-order valence-corrected chi connectivity index (χ0v) is 8.65. The molecule has 0 amide bonds. The van der Waals surface area contributed by atoms with Gasteiger partial charge >= 0.3 is 0 Å². The highest BCUT2D eigenvalue weighted by molar-refractivity contribution is 7.87. The second-order valence-corrected chi connectivity index (χ2v) is 4.71. The van der Waals surface area contributed by atoms with Crippen LogP contribution in [0.4, 0.5) is 0 Å². The van der Waals surface area contributed by atoms with E-state index in [1.807, 2.05) is 0 Å². The lowest BCUT2D eigenvalue weighted by Crippen LogP contribution is -2.40. The van der Waals surface area contributed by atoms with Crippen molar-refractivity contribution in [2.45, 2.75) is 25.8 Å². The van der Waals surface area contributed by atoms with Crippen molar-refractivity contribution >= 4 is 10.2 Å². The van der Waals surface area contributed by atoms with Crippen LogP contribution in [0.1, 0.15) is 19.8 Å². The van der Waals surface area contributed by atoms with Gasteiger partial charge in [0.2, 0.25) is 0 Å². The van der Waals surface area contributed by atoms with Gasteiger partial charge in [0.15, 0.2) is 0 Å². The minimum atomic E-state index is -3.25. The first-order valence-electron chi connectivity index (χ1n) is 4.61. The second-order valence-electron chi connectivity index (χ2n) is 3.12. The normalized spacial score (nSPS) is 17.6. The van der Waals surface area contributed by atoms with Crippen LogP contribution in [-0.2, 0) is 10.2 Å². The Balaban J connectivity index is 2.02. The molecule has 6 heteroatoms. The molecule has 1 fully saturated rings. The predicted molar refractivity (Wildman–Crippen MR) is 51.6 cm³/mol. The summed E-state index contributed by atoms with van der Waals surface area (Å²) < 4.78 is 26.9. The molecule has 1 rings (SSSR count). The third kappa shape index (κ3) is 5.20. The summed E-state index contributed by atoms with van der Waals surface area (Å²) in [5, 5.41) is 3.22. The second kappa shape index (κ2) is 4.90. The number of hydrogen-bond acceptors (Lipinski definition) is 3. The minimum Gasteiger partial charge on any atom is -0.313 e. The Morgan fingerprint density at radius 1 is 1.23 bits per heavy atom. The molecule has 0 aromatic heterocycles. The summed E-state index contributed by atoms with van der Waals surface area (Å²) in [6, 6.07) is 0.628. The van der Waals surface area contributed by atoms with E-state index in [9.17, 15) is 8.42 Å². The average molecular weight is 207 g/mol. The fourth-order valence-electron chi connectivity index (χ4n) is 0.990. The molecule has 1 saturated carbocycles. The van der Waals surface area contributed by atoms with Gasteiger partial charge in [0.05, 0.1) is 0 Å². The maximum atomic E-state index is 11.0. The Kier molecular flexibility index (Phi) is 4.11. The molecule has 1 aliphatic carbocycles. The fraction of sp³-hybridized carbons (Fsp3) is 1.00. The molecule has 3 N–H and O–H groups in total. The molecule has 0 bridgehead atoms. The lowest BCUT2D eigenvalue weighted by molar-refractivity contribution is 0.563. The number of hydrogen-bond donors (Lipinski definition) is 3. The van der Waals surface area contributed by atoms with Crippen LogP contribution in [-0.4, -0.2) is 34.1 Å². The smallest absolute Gasteiger partial charge is 0.276 e. The van der Waals surface area contributed by atoms with Crippen molar-refractivity contribution < 1.29 is 8.42 Å². The Morgan fingerprint density at radius 2 is 1.92 bits per heavy atom. The number of rotatable bonds is 7. The molecule has 13 heavy (non-hydrogen) atoms. The minimum absolute atomic E-state index is 0.422. The van der Waals surface area contributed by atoms with Gasteiger partial charge in [0, 0.05) is 25.7 Å². The first-order valence-corrected chi connectivity index (χ1v) is 6.10. The van der Waals surface area contributed by atoms with Gasteiger partial charge in [0.1, 0.15) is 0 Å². The molecule has 5 nitrogen and oxygen atoms in total. The van der Waals surface area contributed by atoms with Gasteiger partial charge in [-0.3, -0.25) is 0 Å². The van der Waals surface area contributed by atoms with E-state index in [-0.39, 0.29) is 0 Å². The van der Waals surface area contributed by atoms with Crippen LogP contribution in [0.15, 0.2) is 0 Å². The summed E-state index contributed by atoms with van der Waals surface area (Å²) in [7, 11) is -3.25. The highest BCUT2D eigenvalue weighted by atomic mass is 32.2. The Bertz CT molecular complexity index is 236. The largest absolute Gasteiger partial charge is 0.313 e. The molecule has 0 aliphatic heterocycles. The van der Waals surface area contributed by atoms with Crippen molar-refractivity contribution in [2.75, 3.05) is 19.6 Å². The summed E-state index contributed by atoms with van der Waals surface area (Å²) in [4.78, 5) is 0. The molecule has 78 valence electrons. The van der Waals surface area contributed by atoms with Crippen LogP contribution in [0.5, 0.6) is 0 Å². The topological polar surface area (TPSA) is 70.2 Å². The van der Waals surface area contributed by atoms with Crippen LogP contribution >= 0.6 is 0 Å². The van der Waals surface area contributed by atoms with Crippen molar-refractivity contribution in [1.82, 2.24) is 14.8 Å². The molecule has 0 aromatic rings. The summed E-state index contributed by atoms with van der Waals surface area (Å²) in [5.41, 5.74) is 0. The lowest BCUT2D eigenvalue weighted by atomic mass is 10.6. The fourth-order valence-corrected chi connectivity index (χ4v) is 1.84. The molecule has 0 atom stereocenters. The lowest BCUT2D eigenvalue weighted by Gasteiger charge is -2.06. The molecule has 0 unspecified atom stereocenters. The third-order valence-corrected chi connectivity index (χ3v) is 3.01. The average Bonchev–Trinajstić information content (AvgIpc) is 2.81. The molecule has 1 aliphatic rings. The summed E-state index contributed by atoms with van der Waals surface area (Å²) >= 11 is 0. The standard InChI is InChI=1S/C7H17N3O2S/c1-2-9-13(11,12)10-6-5-8-7-3-4-7/h7-10H,2-6H2,1H3. The van der Waals surface area contributed by atoms with Gasteiger partial charge in [-0.25, -0.2) is 9.44 Å². The van der Waals surface area contributed by atoms with Crippen molar-refractivity contribution in [3.05, 3.63) is 0 Å². The van der Waals surface area contributed by atoms with Gasteiger partial charge < -0.3 is 5.32 Å². The van der Waals surface area contributed by atoms with Crippen LogP contribution < -0.4 is 14.8 Å². The molecular formula is C7H17N3O2S. The summed E-state index contributed by atoms with van der Waals surface area (Å²) in [6.45, 7) is 3.33. The molecular weight excluding hydrogens is 190 g/mol. The Morgan fingerprint density at radius 3 is 2.46 bits per heavy atom. The van der Waals surface area contributed by atoms with E-state index < -0.39 is 10.2 Å².